The smallest absolute Gasteiger partial charge is 0.112 e. The second-order valence-electron chi connectivity index (χ2n) is 4.81. The molecule has 19 heavy (non-hydrogen) atoms. The molecule has 0 amide bonds. The van der Waals surface area contributed by atoms with Gasteiger partial charge in [0.1, 0.15) is 5.69 Å². The van der Waals surface area contributed by atoms with Crippen molar-refractivity contribution in [2.75, 3.05) is 19.0 Å². The van der Waals surface area contributed by atoms with Crippen LogP contribution in [0.4, 0.5) is 17.1 Å². The van der Waals surface area contributed by atoms with Crippen molar-refractivity contribution in [2.45, 2.75) is 13.8 Å². The Morgan fingerprint density at radius 2 is 1.53 bits per heavy atom. The molecule has 0 aliphatic rings. The van der Waals surface area contributed by atoms with Gasteiger partial charge >= 0.3 is 0 Å². The van der Waals surface area contributed by atoms with E-state index < -0.39 is 0 Å². The first kappa shape index (κ1) is 13.3. The molecule has 2 aromatic carbocycles. The molecule has 0 spiro atoms. The van der Waals surface area contributed by atoms with E-state index in [1.807, 2.05) is 44.4 Å². The van der Waals surface area contributed by atoms with Crippen LogP contribution in [0.25, 0.3) is 0 Å². The first-order valence-corrected chi connectivity index (χ1v) is 6.34. The Balaban J connectivity index is 2.44. The topological polar surface area (TPSA) is 28.0 Å². The van der Waals surface area contributed by atoms with Crippen molar-refractivity contribution in [3.05, 3.63) is 53.6 Å². The van der Waals surface area contributed by atoms with E-state index in [1.54, 1.807) is 0 Å². The van der Waals surface area contributed by atoms with Crippen LogP contribution in [0, 0.1) is 13.8 Å². The van der Waals surface area contributed by atoms with Crippen LogP contribution in [0.1, 0.15) is 11.1 Å². The van der Waals surface area contributed by atoms with E-state index in [9.17, 15) is 0 Å². The molecule has 3 nitrogen and oxygen atoms in total. The molecule has 0 atom stereocenters. The van der Waals surface area contributed by atoms with E-state index in [0.29, 0.717) is 0 Å². The minimum absolute atomic E-state index is 0.869. The van der Waals surface area contributed by atoms with E-state index >= 15 is 0 Å². The Labute approximate surface area is 114 Å². The van der Waals surface area contributed by atoms with E-state index in [4.69, 9.17) is 0 Å². The summed E-state index contributed by atoms with van der Waals surface area (Å²) >= 11 is 0. The normalized spacial score (nSPS) is 10.9. The summed E-state index contributed by atoms with van der Waals surface area (Å²) in [5.74, 6) is 0. The molecule has 0 aromatic heterocycles. The summed E-state index contributed by atoms with van der Waals surface area (Å²) in [6.07, 6.45) is 0. The minimum Gasteiger partial charge on any atom is -0.376 e. The second-order valence-corrected chi connectivity index (χ2v) is 4.81. The maximum Gasteiger partial charge on any atom is 0.112 e. The Morgan fingerprint density at radius 1 is 0.842 bits per heavy atom. The SMILES string of the molecule is Cc1ccc(N(C)C)c(N=Nc2ccccc2)c1C. The lowest BCUT2D eigenvalue weighted by atomic mass is 10.1. The summed E-state index contributed by atoms with van der Waals surface area (Å²) in [4.78, 5) is 2.06. The van der Waals surface area contributed by atoms with E-state index in [0.717, 1.165) is 17.1 Å². The van der Waals surface area contributed by atoms with E-state index in [2.05, 4.69) is 41.1 Å². The van der Waals surface area contributed by atoms with Gasteiger partial charge < -0.3 is 4.90 Å². The number of hydrogen-bond acceptors (Lipinski definition) is 3. The number of aryl methyl sites for hydroxylation is 1. The van der Waals surface area contributed by atoms with Crippen LogP contribution in [0.3, 0.4) is 0 Å². The maximum atomic E-state index is 4.44. The van der Waals surface area contributed by atoms with Crippen LogP contribution in [0.5, 0.6) is 0 Å². The van der Waals surface area contributed by atoms with Gasteiger partial charge in [0.25, 0.3) is 0 Å². The van der Waals surface area contributed by atoms with Crippen LogP contribution in [-0.2, 0) is 0 Å². The quantitative estimate of drug-likeness (QED) is 0.723. The van der Waals surface area contributed by atoms with Gasteiger partial charge in [-0.2, -0.15) is 5.11 Å². The Hall–Kier alpha value is -2.16. The zero-order valence-corrected chi connectivity index (χ0v) is 11.9. The highest BCUT2D eigenvalue weighted by Crippen LogP contribution is 2.34. The van der Waals surface area contributed by atoms with Crippen molar-refractivity contribution < 1.29 is 0 Å². The van der Waals surface area contributed by atoms with Crippen molar-refractivity contribution in [3.8, 4) is 0 Å². The average molecular weight is 253 g/mol. The number of anilines is 1. The molecule has 0 bridgehead atoms. The molecule has 3 heteroatoms. The second kappa shape index (κ2) is 5.65. The predicted molar refractivity (Wildman–Crippen MR) is 80.9 cm³/mol. The monoisotopic (exact) mass is 253 g/mol. The molecule has 98 valence electrons. The third-order valence-electron chi connectivity index (χ3n) is 3.18. The summed E-state index contributed by atoms with van der Waals surface area (Å²) in [5, 5.41) is 8.76. The highest BCUT2D eigenvalue weighted by atomic mass is 15.1. The Morgan fingerprint density at radius 3 is 2.16 bits per heavy atom. The predicted octanol–water partition coefficient (Wildman–Crippen LogP) is 4.78. The molecule has 0 N–H and O–H groups in total. The molecule has 0 heterocycles. The minimum atomic E-state index is 0.869. The van der Waals surface area contributed by atoms with Crippen LogP contribution >= 0.6 is 0 Å². The molecule has 0 aliphatic carbocycles. The van der Waals surface area contributed by atoms with Crippen LogP contribution in [-0.4, -0.2) is 14.1 Å². The van der Waals surface area contributed by atoms with Gasteiger partial charge in [0.15, 0.2) is 0 Å². The first-order valence-electron chi connectivity index (χ1n) is 6.34. The number of hydrogen-bond donors (Lipinski definition) is 0. The lowest BCUT2D eigenvalue weighted by Gasteiger charge is -2.17. The standard InChI is InChI=1S/C16H19N3/c1-12-10-11-15(19(3)4)16(13(12)2)18-17-14-8-6-5-7-9-14/h5-11H,1-4H3. The Kier molecular flexibility index (Phi) is 3.95. The van der Waals surface area contributed by atoms with Crippen molar-refractivity contribution in [2.24, 2.45) is 10.2 Å². The average Bonchev–Trinajstić information content (AvgIpc) is 2.41. The third-order valence-corrected chi connectivity index (χ3v) is 3.18. The molecule has 0 fully saturated rings. The summed E-state index contributed by atoms with van der Waals surface area (Å²) in [6, 6.07) is 14.0. The molecule has 2 aromatic rings. The molecule has 0 unspecified atom stereocenters. The fraction of sp³-hybridized carbons (Fsp3) is 0.250. The van der Waals surface area contributed by atoms with Gasteiger partial charge in [0.2, 0.25) is 0 Å². The Bertz CT molecular complexity index is 586. The number of rotatable bonds is 3. The molecule has 0 saturated carbocycles. The summed E-state index contributed by atoms with van der Waals surface area (Å²) in [6.45, 7) is 4.18. The van der Waals surface area contributed by atoms with Crippen LogP contribution in [0.2, 0.25) is 0 Å². The highest BCUT2D eigenvalue weighted by Gasteiger charge is 2.09. The summed E-state index contributed by atoms with van der Waals surface area (Å²) in [7, 11) is 4.04. The van der Waals surface area contributed by atoms with Crippen molar-refractivity contribution >= 4 is 17.1 Å². The lowest BCUT2D eigenvalue weighted by molar-refractivity contribution is 1.10. The molecule has 0 saturated heterocycles. The van der Waals surface area contributed by atoms with Crippen molar-refractivity contribution in [1.29, 1.82) is 0 Å². The fourth-order valence-electron chi connectivity index (χ4n) is 1.88. The van der Waals surface area contributed by atoms with Gasteiger partial charge in [-0.1, -0.05) is 24.3 Å². The maximum absolute atomic E-state index is 4.44. The molecular formula is C16H19N3. The lowest BCUT2D eigenvalue weighted by Crippen LogP contribution is -2.09. The van der Waals surface area contributed by atoms with E-state index in [1.165, 1.54) is 11.1 Å². The zero-order chi connectivity index (χ0) is 13.8. The largest absolute Gasteiger partial charge is 0.376 e. The van der Waals surface area contributed by atoms with Crippen molar-refractivity contribution in [3.63, 3.8) is 0 Å². The van der Waals surface area contributed by atoms with Crippen LogP contribution in [0.15, 0.2) is 52.7 Å². The van der Waals surface area contributed by atoms with Crippen molar-refractivity contribution in [1.82, 2.24) is 0 Å². The van der Waals surface area contributed by atoms with Gasteiger partial charge in [-0.3, -0.25) is 0 Å². The van der Waals surface area contributed by atoms with Gasteiger partial charge in [0, 0.05) is 14.1 Å². The van der Waals surface area contributed by atoms with Gasteiger partial charge in [-0.05, 0) is 43.2 Å². The molecule has 0 aliphatic heterocycles. The van der Waals surface area contributed by atoms with Gasteiger partial charge in [0.05, 0.1) is 11.4 Å². The number of azo groups is 1. The number of nitrogens with zero attached hydrogens (tertiary/aromatic N) is 3. The third kappa shape index (κ3) is 2.99. The summed E-state index contributed by atoms with van der Waals surface area (Å²) < 4.78 is 0. The summed E-state index contributed by atoms with van der Waals surface area (Å²) in [5.41, 5.74) is 5.29. The zero-order valence-electron chi connectivity index (χ0n) is 11.9. The molecular weight excluding hydrogens is 234 g/mol. The molecule has 2 rings (SSSR count). The highest BCUT2D eigenvalue weighted by molar-refractivity contribution is 5.71. The van der Waals surface area contributed by atoms with Gasteiger partial charge in [-0.25, -0.2) is 0 Å². The van der Waals surface area contributed by atoms with Crippen LogP contribution < -0.4 is 4.90 Å². The van der Waals surface area contributed by atoms with Gasteiger partial charge in [-0.15, -0.1) is 5.11 Å². The fourth-order valence-corrected chi connectivity index (χ4v) is 1.88. The first-order chi connectivity index (χ1) is 9.09. The number of benzene rings is 2. The van der Waals surface area contributed by atoms with E-state index in [-0.39, 0.29) is 0 Å². The molecule has 0 radical (unpaired) electrons.